The van der Waals surface area contributed by atoms with Gasteiger partial charge in [-0.3, -0.25) is 4.90 Å². The van der Waals surface area contributed by atoms with Gasteiger partial charge >= 0.3 is 6.09 Å². The van der Waals surface area contributed by atoms with Gasteiger partial charge in [-0.25, -0.2) is 9.18 Å². The molecule has 2 rings (SSSR count). The van der Waals surface area contributed by atoms with Gasteiger partial charge in [0, 0.05) is 32.1 Å². The maximum atomic E-state index is 14.1. The van der Waals surface area contributed by atoms with Gasteiger partial charge in [0.15, 0.2) is 0 Å². The number of carbonyl (C=O) groups excluding carboxylic acids is 1. The molecule has 122 valence electrons. The minimum atomic E-state index is -0.918. The Morgan fingerprint density at radius 2 is 2.00 bits per heavy atom. The molecule has 0 unspecified atom stereocenters. The fourth-order valence-corrected chi connectivity index (χ4v) is 2.61. The average Bonchev–Trinajstić information content (AvgIpc) is 2.76. The Kier molecular flexibility index (Phi) is 5.40. The van der Waals surface area contributed by atoms with Crippen molar-refractivity contribution >= 4 is 6.09 Å². The molecule has 1 N–H and O–H groups in total. The molecule has 1 aliphatic rings. The first-order valence-corrected chi connectivity index (χ1v) is 7.71. The number of carbonyl (C=O) groups is 1. The molecule has 1 fully saturated rings. The molecule has 2 atom stereocenters. The molecular formula is C17H25FN2O2. The van der Waals surface area contributed by atoms with Crippen molar-refractivity contribution in [2.24, 2.45) is 5.92 Å². The van der Waals surface area contributed by atoms with Gasteiger partial charge in [-0.05, 0) is 26.3 Å². The summed E-state index contributed by atoms with van der Waals surface area (Å²) in [5, 5.41) is 2.67. The zero-order chi connectivity index (χ0) is 16.2. The van der Waals surface area contributed by atoms with Crippen LogP contribution in [0.1, 0.15) is 26.3 Å². The summed E-state index contributed by atoms with van der Waals surface area (Å²) in [5.74, 6) is -0.184. The fourth-order valence-electron chi connectivity index (χ4n) is 2.61. The van der Waals surface area contributed by atoms with E-state index in [9.17, 15) is 9.18 Å². The highest BCUT2D eigenvalue weighted by Crippen LogP contribution is 2.21. The van der Waals surface area contributed by atoms with Crippen molar-refractivity contribution < 1.29 is 13.9 Å². The molecule has 1 saturated heterocycles. The number of nitrogens with one attached hydrogen (secondary N) is 1. The number of halogens is 1. The van der Waals surface area contributed by atoms with Crippen molar-refractivity contribution in [3.8, 4) is 0 Å². The number of hydrogen-bond acceptors (Lipinski definition) is 3. The van der Waals surface area contributed by atoms with Crippen molar-refractivity contribution in [1.82, 2.24) is 10.2 Å². The van der Waals surface area contributed by atoms with Crippen molar-refractivity contribution in [3.05, 3.63) is 35.9 Å². The summed E-state index contributed by atoms with van der Waals surface area (Å²) in [7, 11) is 0. The van der Waals surface area contributed by atoms with Crippen molar-refractivity contribution in [2.45, 2.75) is 39.1 Å². The van der Waals surface area contributed by atoms with E-state index in [1.54, 1.807) is 0 Å². The van der Waals surface area contributed by atoms with Crippen LogP contribution in [-0.2, 0) is 11.3 Å². The van der Waals surface area contributed by atoms with E-state index in [-0.39, 0.29) is 5.92 Å². The summed E-state index contributed by atoms with van der Waals surface area (Å²) in [6.45, 7) is 7.53. The molecule has 1 aromatic carbocycles. The quantitative estimate of drug-likeness (QED) is 0.930. The maximum Gasteiger partial charge on any atom is 0.407 e. The number of hydrogen-bond donors (Lipinski definition) is 1. The Balaban J connectivity index is 1.78. The largest absolute Gasteiger partial charge is 0.444 e. The van der Waals surface area contributed by atoms with Crippen LogP contribution in [0.2, 0.25) is 0 Å². The molecule has 0 aliphatic carbocycles. The second kappa shape index (κ2) is 7.09. The number of amides is 1. The predicted molar refractivity (Wildman–Crippen MR) is 84.3 cm³/mol. The lowest BCUT2D eigenvalue weighted by atomic mass is 10.1. The van der Waals surface area contributed by atoms with E-state index >= 15 is 0 Å². The van der Waals surface area contributed by atoms with Crippen LogP contribution >= 0.6 is 0 Å². The SMILES string of the molecule is CC(C)(C)OC(=O)NC[C@@H]1CN(Cc2ccccc2)C[C@@H]1F. The normalized spacial score (nSPS) is 22.5. The Morgan fingerprint density at radius 3 is 2.64 bits per heavy atom. The van der Waals surface area contributed by atoms with Crippen molar-refractivity contribution in [1.29, 1.82) is 0 Å². The molecule has 0 aromatic heterocycles. The molecule has 4 nitrogen and oxygen atoms in total. The Hall–Kier alpha value is -1.62. The van der Waals surface area contributed by atoms with Crippen LogP contribution in [-0.4, -0.2) is 42.4 Å². The molecule has 0 saturated carbocycles. The van der Waals surface area contributed by atoms with Gasteiger partial charge in [0.05, 0.1) is 0 Å². The average molecular weight is 308 g/mol. The zero-order valence-corrected chi connectivity index (χ0v) is 13.5. The first-order valence-electron chi connectivity index (χ1n) is 7.71. The predicted octanol–water partition coefficient (Wildman–Crippen LogP) is 2.98. The molecule has 1 aliphatic heterocycles. The van der Waals surface area contributed by atoms with Gasteiger partial charge < -0.3 is 10.1 Å². The van der Waals surface area contributed by atoms with Gasteiger partial charge in [0.25, 0.3) is 0 Å². The molecule has 0 bridgehead atoms. The van der Waals surface area contributed by atoms with Crippen LogP contribution in [0.5, 0.6) is 0 Å². The smallest absolute Gasteiger partial charge is 0.407 e. The molecule has 0 radical (unpaired) electrons. The van der Waals surface area contributed by atoms with E-state index in [0.717, 1.165) is 6.54 Å². The van der Waals surface area contributed by atoms with E-state index in [4.69, 9.17) is 4.74 Å². The summed E-state index contributed by atoms with van der Waals surface area (Å²) >= 11 is 0. The Labute approximate surface area is 131 Å². The van der Waals surface area contributed by atoms with E-state index in [0.29, 0.717) is 19.6 Å². The van der Waals surface area contributed by atoms with Crippen LogP contribution < -0.4 is 5.32 Å². The lowest BCUT2D eigenvalue weighted by Gasteiger charge is -2.21. The van der Waals surface area contributed by atoms with Crippen LogP contribution in [0, 0.1) is 5.92 Å². The van der Waals surface area contributed by atoms with Crippen LogP contribution in [0.3, 0.4) is 0 Å². The number of likely N-dealkylation sites (tertiary alicyclic amines) is 1. The first kappa shape index (κ1) is 16.7. The number of benzene rings is 1. The second-order valence-corrected chi connectivity index (χ2v) is 6.84. The monoisotopic (exact) mass is 308 g/mol. The lowest BCUT2D eigenvalue weighted by molar-refractivity contribution is 0.0515. The second-order valence-electron chi connectivity index (χ2n) is 6.84. The van der Waals surface area contributed by atoms with E-state index in [1.165, 1.54) is 5.56 Å². The third-order valence-electron chi connectivity index (χ3n) is 3.59. The molecule has 1 heterocycles. The summed E-state index contributed by atoms with van der Waals surface area (Å²) in [6, 6.07) is 10.0. The molecule has 0 spiro atoms. The minimum absolute atomic E-state index is 0.184. The summed E-state index contributed by atoms with van der Waals surface area (Å²) in [6.07, 6.45) is -1.40. The van der Waals surface area contributed by atoms with Gasteiger partial charge in [-0.15, -0.1) is 0 Å². The summed E-state index contributed by atoms with van der Waals surface area (Å²) < 4.78 is 19.3. The molecule has 1 aromatic rings. The molecule has 22 heavy (non-hydrogen) atoms. The standard InChI is InChI=1S/C17H25FN2O2/c1-17(2,3)22-16(21)19-9-14-11-20(12-15(14)18)10-13-7-5-4-6-8-13/h4-8,14-15H,9-12H2,1-3H3,(H,19,21)/t14-,15+/m1/s1. The Bertz CT molecular complexity index is 487. The highest BCUT2D eigenvalue weighted by atomic mass is 19.1. The van der Waals surface area contributed by atoms with Gasteiger partial charge in [-0.1, -0.05) is 30.3 Å². The van der Waals surface area contributed by atoms with Gasteiger partial charge in [0.1, 0.15) is 11.8 Å². The Morgan fingerprint density at radius 1 is 1.32 bits per heavy atom. The third-order valence-corrected chi connectivity index (χ3v) is 3.59. The molecule has 1 amide bonds. The maximum absolute atomic E-state index is 14.1. The van der Waals surface area contributed by atoms with Crippen LogP contribution in [0.25, 0.3) is 0 Å². The van der Waals surface area contributed by atoms with E-state index in [2.05, 4.69) is 10.2 Å². The number of nitrogens with zero attached hydrogens (tertiary/aromatic N) is 1. The highest BCUT2D eigenvalue weighted by molar-refractivity contribution is 5.67. The van der Waals surface area contributed by atoms with Crippen LogP contribution in [0.15, 0.2) is 30.3 Å². The van der Waals surface area contributed by atoms with Gasteiger partial charge in [-0.2, -0.15) is 0 Å². The van der Waals surface area contributed by atoms with Crippen molar-refractivity contribution in [2.75, 3.05) is 19.6 Å². The minimum Gasteiger partial charge on any atom is -0.444 e. The van der Waals surface area contributed by atoms with Crippen LogP contribution in [0.4, 0.5) is 9.18 Å². The highest BCUT2D eigenvalue weighted by Gasteiger charge is 2.33. The van der Waals surface area contributed by atoms with Gasteiger partial charge in [0.2, 0.25) is 0 Å². The fraction of sp³-hybridized carbons (Fsp3) is 0.588. The number of alkyl halides is 1. The summed E-state index contributed by atoms with van der Waals surface area (Å²) in [5.41, 5.74) is 0.643. The number of alkyl carbamates (subject to hydrolysis) is 1. The molecule has 5 heteroatoms. The topological polar surface area (TPSA) is 41.6 Å². The first-order chi connectivity index (χ1) is 10.3. The third kappa shape index (κ3) is 5.30. The summed E-state index contributed by atoms with van der Waals surface area (Å²) in [4.78, 5) is 13.7. The number of rotatable bonds is 4. The number of ether oxygens (including phenoxy) is 1. The van der Waals surface area contributed by atoms with Crippen molar-refractivity contribution in [3.63, 3.8) is 0 Å². The lowest BCUT2D eigenvalue weighted by Crippen LogP contribution is -2.37. The molecular weight excluding hydrogens is 283 g/mol. The van der Waals surface area contributed by atoms with E-state index in [1.807, 2.05) is 51.1 Å². The van der Waals surface area contributed by atoms with E-state index < -0.39 is 17.9 Å². The zero-order valence-electron chi connectivity index (χ0n) is 13.5.